The first-order valence-corrected chi connectivity index (χ1v) is 9.47. The van der Waals surface area contributed by atoms with Gasteiger partial charge in [0, 0.05) is 18.5 Å². The number of carbonyl (C=O) groups is 1. The highest BCUT2D eigenvalue weighted by Crippen LogP contribution is 2.26. The molecular weight excluding hydrogens is 369 g/mol. The molecular formula is C20H33Cl2N3O. The number of rotatable bonds is 5. The second-order valence-corrected chi connectivity index (χ2v) is 7.54. The number of nitrogens with two attached hydrogens (primary N) is 1. The molecule has 4 nitrogen and oxygen atoms in total. The Kier molecular flexibility index (Phi) is 9.94. The summed E-state index contributed by atoms with van der Waals surface area (Å²) in [5.41, 5.74) is 8.62. The van der Waals surface area contributed by atoms with E-state index in [2.05, 4.69) is 41.4 Å². The van der Waals surface area contributed by atoms with Crippen LogP contribution in [0.25, 0.3) is 0 Å². The van der Waals surface area contributed by atoms with Gasteiger partial charge < -0.3 is 11.1 Å². The van der Waals surface area contributed by atoms with Crippen LogP contribution < -0.4 is 11.1 Å². The summed E-state index contributed by atoms with van der Waals surface area (Å²) in [7, 11) is 0. The van der Waals surface area contributed by atoms with Crippen molar-refractivity contribution in [3.05, 3.63) is 35.4 Å². The van der Waals surface area contributed by atoms with Crippen LogP contribution in [0, 0.1) is 12.8 Å². The molecule has 1 aromatic carbocycles. The number of nitrogens with zero attached hydrogens (tertiary/aromatic N) is 1. The SMILES string of the molecule is Cc1ccc(C(CNC(=O)C2CCCC(N)C2)N2CCCC2)cc1.Cl.Cl. The van der Waals surface area contributed by atoms with Crippen molar-refractivity contribution in [3.8, 4) is 0 Å². The van der Waals surface area contributed by atoms with E-state index in [9.17, 15) is 4.79 Å². The molecule has 0 radical (unpaired) electrons. The highest BCUT2D eigenvalue weighted by molar-refractivity contribution is 5.85. The van der Waals surface area contributed by atoms with Gasteiger partial charge >= 0.3 is 0 Å². The first kappa shape index (κ1) is 23.2. The Labute approximate surface area is 170 Å². The van der Waals surface area contributed by atoms with Crippen LogP contribution in [-0.4, -0.2) is 36.5 Å². The Balaban J connectivity index is 0.00000169. The van der Waals surface area contributed by atoms with Gasteiger partial charge in [0.05, 0.1) is 6.04 Å². The predicted molar refractivity (Wildman–Crippen MR) is 112 cm³/mol. The van der Waals surface area contributed by atoms with Crippen LogP contribution in [0.2, 0.25) is 0 Å². The normalized spacial score (nSPS) is 24.2. The first-order chi connectivity index (χ1) is 11.6. The van der Waals surface area contributed by atoms with Crippen molar-refractivity contribution in [1.29, 1.82) is 0 Å². The second kappa shape index (κ2) is 11.1. The van der Waals surface area contributed by atoms with Crippen molar-refractivity contribution in [2.45, 2.75) is 57.5 Å². The molecule has 1 aromatic rings. The molecule has 0 bridgehead atoms. The van der Waals surface area contributed by atoms with E-state index in [4.69, 9.17) is 5.73 Å². The van der Waals surface area contributed by atoms with E-state index in [1.54, 1.807) is 0 Å². The third kappa shape index (κ3) is 6.12. The summed E-state index contributed by atoms with van der Waals surface area (Å²) in [6.07, 6.45) is 6.47. The lowest BCUT2D eigenvalue weighted by atomic mass is 9.85. The quantitative estimate of drug-likeness (QED) is 0.791. The fraction of sp³-hybridized carbons (Fsp3) is 0.650. The summed E-state index contributed by atoms with van der Waals surface area (Å²) in [6.45, 7) is 5.07. The minimum absolute atomic E-state index is 0. The number of hydrogen-bond donors (Lipinski definition) is 2. The highest BCUT2D eigenvalue weighted by Gasteiger charge is 2.28. The van der Waals surface area contributed by atoms with Crippen molar-refractivity contribution in [2.75, 3.05) is 19.6 Å². The minimum atomic E-state index is 0. The van der Waals surface area contributed by atoms with Gasteiger partial charge in [-0.05, 0) is 57.7 Å². The number of amides is 1. The summed E-state index contributed by atoms with van der Waals surface area (Å²) < 4.78 is 0. The third-order valence-electron chi connectivity index (χ3n) is 5.60. The summed E-state index contributed by atoms with van der Waals surface area (Å²) in [6, 6.07) is 9.23. The Hall–Kier alpha value is -0.810. The molecule has 2 aliphatic rings. The topological polar surface area (TPSA) is 58.4 Å². The van der Waals surface area contributed by atoms with Crippen molar-refractivity contribution >= 4 is 30.7 Å². The van der Waals surface area contributed by atoms with Gasteiger partial charge in [0.15, 0.2) is 0 Å². The minimum Gasteiger partial charge on any atom is -0.354 e. The molecule has 1 saturated carbocycles. The van der Waals surface area contributed by atoms with Crippen molar-refractivity contribution in [1.82, 2.24) is 10.2 Å². The molecule has 0 spiro atoms. The van der Waals surface area contributed by atoms with Gasteiger partial charge in [-0.25, -0.2) is 0 Å². The number of halogens is 2. The monoisotopic (exact) mass is 401 g/mol. The van der Waals surface area contributed by atoms with E-state index < -0.39 is 0 Å². The van der Waals surface area contributed by atoms with Crippen LogP contribution >= 0.6 is 24.8 Å². The maximum Gasteiger partial charge on any atom is 0.223 e. The summed E-state index contributed by atoms with van der Waals surface area (Å²) in [5.74, 6) is 0.299. The molecule has 148 valence electrons. The molecule has 1 aliphatic heterocycles. The largest absolute Gasteiger partial charge is 0.354 e. The van der Waals surface area contributed by atoms with Crippen molar-refractivity contribution < 1.29 is 4.79 Å². The molecule has 2 fully saturated rings. The zero-order valence-corrected chi connectivity index (χ0v) is 17.3. The third-order valence-corrected chi connectivity index (χ3v) is 5.60. The Morgan fingerprint density at radius 2 is 1.81 bits per heavy atom. The van der Waals surface area contributed by atoms with Crippen LogP contribution in [0.1, 0.15) is 55.7 Å². The average Bonchev–Trinajstić information content (AvgIpc) is 3.11. The van der Waals surface area contributed by atoms with Crippen LogP contribution in [-0.2, 0) is 4.79 Å². The molecule has 1 aliphatic carbocycles. The molecule has 1 amide bonds. The van der Waals surface area contributed by atoms with Gasteiger partial charge in [-0.3, -0.25) is 9.69 Å². The molecule has 0 aromatic heterocycles. The summed E-state index contributed by atoms with van der Waals surface area (Å²) in [4.78, 5) is 15.1. The standard InChI is InChI=1S/C20H31N3O.2ClH/c1-15-7-9-16(10-8-15)19(23-11-2-3-12-23)14-22-20(24)17-5-4-6-18(21)13-17;;/h7-10,17-19H,2-6,11-14,21H2,1H3,(H,22,24);2*1H. The van der Waals surface area contributed by atoms with Crippen molar-refractivity contribution in [3.63, 3.8) is 0 Å². The van der Waals surface area contributed by atoms with E-state index in [-0.39, 0.29) is 48.7 Å². The molecule has 3 unspecified atom stereocenters. The molecule has 3 N–H and O–H groups in total. The fourth-order valence-electron chi connectivity index (χ4n) is 4.11. The molecule has 1 saturated heterocycles. The van der Waals surface area contributed by atoms with Crippen molar-refractivity contribution in [2.24, 2.45) is 11.7 Å². The Morgan fingerprint density at radius 3 is 2.42 bits per heavy atom. The van der Waals surface area contributed by atoms with E-state index in [0.29, 0.717) is 6.54 Å². The van der Waals surface area contributed by atoms with Gasteiger partial charge in [0.2, 0.25) is 5.91 Å². The Bertz CT molecular complexity index is 546. The molecule has 1 heterocycles. The maximum atomic E-state index is 12.6. The lowest BCUT2D eigenvalue weighted by molar-refractivity contribution is -0.126. The molecule has 3 atom stereocenters. The van der Waals surface area contributed by atoms with Crippen LogP contribution in [0.4, 0.5) is 0 Å². The van der Waals surface area contributed by atoms with Crippen LogP contribution in [0.15, 0.2) is 24.3 Å². The average molecular weight is 402 g/mol. The number of benzene rings is 1. The van der Waals surface area contributed by atoms with Gasteiger partial charge in [0.1, 0.15) is 0 Å². The zero-order valence-electron chi connectivity index (χ0n) is 15.7. The van der Waals surface area contributed by atoms with Crippen LogP contribution in [0.5, 0.6) is 0 Å². The van der Waals surface area contributed by atoms with Crippen LogP contribution in [0.3, 0.4) is 0 Å². The lowest BCUT2D eigenvalue weighted by Crippen LogP contribution is -2.41. The zero-order chi connectivity index (χ0) is 16.9. The highest BCUT2D eigenvalue weighted by atomic mass is 35.5. The molecule has 26 heavy (non-hydrogen) atoms. The number of hydrogen-bond acceptors (Lipinski definition) is 3. The predicted octanol–water partition coefficient (Wildman–Crippen LogP) is 3.61. The van der Waals surface area contributed by atoms with E-state index in [1.807, 2.05) is 0 Å². The van der Waals surface area contributed by atoms with Gasteiger partial charge in [-0.1, -0.05) is 36.2 Å². The lowest BCUT2D eigenvalue weighted by Gasteiger charge is -2.30. The van der Waals surface area contributed by atoms with E-state index in [1.165, 1.54) is 24.0 Å². The fourth-order valence-corrected chi connectivity index (χ4v) is 4.11. The smallest absolute Gasteiger partial charge is 0.223 e. The van der Waals surface area contributed by atoms with E-state index >= 15 is 0 Å². The maximum absolute atomic E-state index is 12.6. The Morgan fingerprint density at radius 1 is 1.15 bits per heavy atom. The number of aryl methyl sites for hydroxylation is 1. The first-order valence-electron chi connectivity index (χ1n) is 9.47. The molecule has 3 rings (SSSR count). The summed E-state index contributed by atoms with van der Waals surface area (Å²) in [5, 5.41) is 3.23. The van der Waals surface area contributed by atoms with E-state index in [0.717, 1.165) is 38.8 Å². The summed E-state index contributed by atoms with van der Waals surface area (Å²) >= 11 is 0. The second-order valence-electron chi connectivity index (χ2n) is 7.54. The molecule has 6 heteroatoms. The van der Waals surface area contributed by atoms with Gasteiger partial charge in [-0.15, -0.1) is 24.8 Å². The number of carbonyl (C=O) groups excluding carboxylic acids is 1. The number of nitrogens with one attached hydrogen (secondary N) is 1. The van der Waals surface area contributed by atoms with Gasteiger partial charge in [-0.2, -0.15) is 0 Å². The van der Waals surface area contributed by atoms with Gasteiger partial charge in [0.25, 0.3) is 0 Å². The number of likely N-dealkylation sites (tertiary alicyclic amines) is 1.